The number of nitrogens with zero attached hydrogens (tertiary/aromatic N) is 1. The predicted octanol–water partition coefficient (Wildman–Crippen LogP) is 1.92. The van der Waals surface area contributed by atoms with Crippen molar-refractivity contribution in [3.63, 3.8) is 0 Å². The van der Waals surface area contributed by atoms with Gasteiger partial charge in [-0.25, -0.2) is 4.39 Å². The van der Waals surface area contributed by atoms with E-state index in [2.05, 4.69) is 10.6 Å². The lowest BCUT2D eigenvalue weighted by Gasteiger charge is -2.32. The first-order valence-electron chi connectivity index (χ1n) is 8.44. The maximum Gasteiger partial charge on any atom is 0.258 e. The second-order valence-corrected chi connectivity index (χ2v) is 6.42. The summed E-state index contributed by atoms with van der Waals surface area (Å²) in [7, 11) is 0. The van der Waals surface area contributed by atoms with E-state index in [-0.39, 0.29) is 36.3 Å². The summed E-state index contributed by atoms with van der Waals surface area (Å²) in [6, 6.07) is 12.7. The number of hydrogen-bond acceptors (Lipinski definition) is 4. The Bertz CT molecular complexity index is 840. The van der Waals surface area contributed by atoms with Gasteiger partial charge >= 0.3 is 0 Å². The van der Waals surface area contributed by atoms with Crippen LogP contribution >= 0.6 is 0 Å². The van der Waals surface area contributed by atoms with Crippen LogP contribution in [0.15, 0.2) is 48.5 Å². The molecule has 0 radical (unpaired) electrons. The minimum atomic E-state index is -0.358. The fourth-order valence-electron chi connectivity index (χ4n) is 3.45. The van der Waals surface area contributed by atoms with Gasteiger partial charge in [-0.1, -0.05) is 12.1 Å². The quantitative estimate of drug-likeness (QED) is 0.879. The van der Waals surface area contributed by atoms with Crippen LogP contribution in [0.25, 0.3) is 0 Å². The van der Waals surface area contributed by atoms with E-state index in [1.165, 1.54) is 24.3 Å². The van der Waals surface area contributed by atoms with Crippen LogP contribution in [0, 0.1) is 5.82 Å². The Balaban J connectivity index is 1.36. The number of carbonyl (C=O) groups is 2. The highest BCUT2D eigenvalue weighted by Crippen LogP contribution is 2.36. The maximum absolute atomic E-state index is 12.9. The van der Waals surface area contributed by atoms with E-state index < -0.39 is 0 Å². The van der Waals surface area contributed by atoms with Crippen molar-refractivity contribution in [2.75, 3.05) is 23.4 Å². The Morgan fingerprint density at radius 2 is 2.00 bits per heavy atom. The fourth-order valence-corrected chi connectivity index (χ4v) is 3.45. The largest absolute Gasteiger partial charge is 0.484 e. The van der Waals surface area contributed by atoms with E-state index in [9.17, 15) is 14.0 Å². The normalized spacial score (nSPS) is 20.8. The summed E-state index contributed by atoms with van der Waals surface area (Å²) in [5.41, 5.74) is 1.76. The van der Waals surface area contributed by atoms with Crippen molar-refractivity contribution in [1.29, 1.82) is 0 Å². The number of fused-ring (bicyclic) bond motifs is 3. The van der Waals surface area contributed by atoms with E-state index in [0.717, 1.165) is 11.4 Å². The van der Waals surface area contributed by atoms with Gasteiger partial charge in [0, 0.05) is 12.6 Å². The van der Waals surface area contributed by atoms with Gasteiger partial charge in [0.1, 0.15) is 17.6 Å². The van der Waals surface area contributed by atoms with E-state index in [1.54, 1.807) is 0 Å². The van der Waals surface area contributed by atoms with Crippen LogP contribution in [0.2, 0.25) is 0 Å². The fraction of sp³-hybridized carbons (Fsp3) is 0.263. The molecule has 2 atom stereocenters. The molecule has 1 saturated heterocycles. The third kappa shape index (κ3) is 3.20. The molecule has 2 heterocycles. The molecule has 4 rings (SSSR count). The molecule has 2 aliphatic heterocycles. The molecule has 0 spiro atoms. The zero-order chi connectivity index (χ0) is 18.1. The zero-order valence-electron chi connectivity index (χ0n) is 13.9. The highest BCUT2D eigenvalue weighted by atomic mass is 19.1. The third-order valence-electron chi connectivity index (χ3n) is 4.62. The summed E-state index contributed by atoms with van der Waals surface area (Å²) in [5.74, 6) is -0.252. The van der Waals surface area contributed by atoms with E-state index in [4.69, 9.17) is 4.74 Å². The Hall–Kier alpha value is -3.09. The first-order valence-corrected chi connectivity index (χ1v) is 8.44. The molecule has 7 heteroatoms. The SMILES string of the molecule is O=C(COc1ccc(F)cc1)NC1CC2C(=O)Nc3ccccc3N2C1. The molecule has 6 nitrogen and oxygen atoms in total. The first kappa shape index (κ1) is 16.4. The van der Waals surface area contributed by atoms with Crippen molar-refractivity contribution in [2.24, 2.45) is 0 Å². The van der Waals surface area contributed by atoms with Crippen molar-refractivity contribution < 1.29 is 18.7 Å². The van der Waals surface area contributed by atoms with Gasteiger partial charge in [-0.05, 0) is 42.8 Å². The van der Waals surface area contributed by atoms with Gasteiger partial charge in [0.15, 0.2) is 6.61 Å². The van der Waals surface area contributed by atoms with Gasteiger partial charge in [-0.3, -0.25) is 9.59 Å². The smallest absolute Gasteiger partial charge is 0.258 e. The summed E-state index contributed by atoms with van der Waals surface area (Å²) < 4.78 is 18.2. The number of ether oxygens (including phenoxy) is 1. The number of anilines is 2. The summed E-state index contributed by atoms with van der Waals surface area (Å²) >= 11 is 0. The van der Waals surface area contributed by atoms with Crippen LogP contribution in [-0.2, 0) is 9.59 Å². The van der Waals surface area contributed by atoms with E-state index in [0.29, 0.717) is 18.7 Å². The molecular weight excluding hydrogens is 337 g/mol. The van der Waals surface area contributed by atoms with Crippen molar-refractivity contribution in [3.8, 4) is 5.75 Å². The Morgan fingerprint density at radius 1 is 1.23 bits per heavy atom. The minimum Gasteiger partial charge on any atom is -0.484 e. The topological polar surface area (TPSA) is 70.7 Å². The van der Waals surface area contributed by atoms with Crippen LogP contribution < -0.4 is 20.3 Å². The van der Waals surface area contributed by atoms with Crippen molar-refractivity contribution in [2.45, 2.75) is 18.5 Å². The van der Waals surface area contributed by atoms with Crippen LogP contribution in [-0.4, -0.2) is 37.0 Å². The lowest BCUT2D eigenvalue weighted by Crippen LogP contribution is -2.44. The standard InChI is InChI=1S/C19H18FN3O3/c20-12-5-7-14(8-6-12)26-11-18(24)21-13-9-17-19(25)22-15-3-1-2-4-16(15)23(17)10-13/h1-8,13,17H,9-11H2,(H,21,24)(H,22,25). The number of hydrogen-bond donors (Lipinski definition) is 2. The van der Waals surface area contributed by atoms with Crippen LogP contribution in [0.1, 0.15) is 6.42 Å². The average Bonchev–Trinajstić information content (AvgIpc) is 3.06. The highest BCUT2D eigenvalue weighted by molar-refractivity contribution is 6.04. The van der Waals surface area contributed by atoms with Crippen LogP contribution in [0.5, 0.6) is 5.75 Å². The monoisotopic (exact) mass is 355 g/mol. The number of para-hydroxylation sites is 2. The lowest BCUT2D eigenvalue weighted by molar-refractivity contribution is -0.124. The van der Waals surface area contributed by atoms with Crippen molar-refractivity contribution in [1.82, 2.24) is 5.32 Å². The number of benzene rings is 2. The van der Waals surface area contributed by atoms with Crippen LogP contribution in [0.3, 0.4) is 0 Å². The van der Waals surface area contributed by atoms with Crippen molar-refractivity contribution in [3.05, 3.63) is 54.3 Å². The third-order valence-corrected chi connectivity index (χ3v) is 4.62. The molecule has 0 aromatic heterocycles. The second kappa shape index (κ2) is 6.67. The molecule has 2 aromatic rings. The molecule has 2 amide bonds. The average molecular weight is 355 g/mol. The highest BCUT2D eigenvalue weighted by Gasteiger charge is 2.41. The molecule has 2 unspecified atom stereocenters. The summed E-state index contributed by atoms with van der Waals surface area (Å²) in [5, 5.41) is 5.82. The first-order chi connectivity index (χ1) is 12.6. The van der Waals surface area contributed by atoms with E-state index in [1.807, 2.05) is 29.2 Å². The maximum atomic E-state index is 12.9. The number of nitrogens with one attached hydrogen (secondary N) is 2. The molecule has 2 aromatic carbocycles. The molecule has 0 saturated carbocycles. The molecule has 2 N–H and O–H groups in total. The zero-order valence-corrected chi connectivity index (χ0v) is 13.9. The number of amides is 2. The van der Waals surface area contributed by atoms with Crippen LogP contribution in [0.4, 0.5) is 15.8 Å². The van der Waals surface area contributed by atoms with Gasteiger partial charge in [-0.15, -0.1) is 0 Å². The molecule has 134 valence electrons. The molecular formula is C19H18FN3O3. The molecule has 0 bridgehead atoms. The van der Waals surface area contributed by atoms with Gasteiger partial charge in [-0.2, -0.15) is 0 Å². The minimum absolute atomic E-state index is 0.0528. The predicted molar refractivity (Wildman–Crippen MR) is 94.6 cm³/mol. The summed E-state index contributed by atoms with van der Waals surface area (Å²) in [6.45, 7) is 0.410. The molecule has 2 aliphatic rings. The number of rotatable bonds is 4. The number of halogens is 1. The molecule has 1 fully saturated rings. The van der Waals surface area contributed by atoms with Gasteiger partial charge < -0.3 is 20.3 Å². The number of carbonyl (C=O) groups excluding carboxylic acids is 2. The van der Waals surface area contributed by atoms with Gasteiger partial charge in [0.05, 0.1) is 11.4 Å². The van der Waals surface area contributed by atoms with Crippen molar-refractivity contribution >= 4 is 23.2 Å². The lowest BCUT2D eigenvalue weighted by atomic mass is 10.1. The Labute approximate surface area is 149 Å². The van der Waals surface area contributed by atoms with Gasteiger partial charge in [0.2, 0.25) is 5.91 Å². The van der Waals surface area contributed by atoms with Gasteiger partial charge in [0.25, 0.3) is 5.91 Å². The Morgan fingerprint density at radius 3 is 2.81 bits per heavy atom. The Kier molecular flexibility index (Phi) is 4.20. The molecule has 0 aliphatic carbocycles. The summed E-state index contributed by atoms with van der Waals surface area (Å²) in [4.78, 5) is 26.5. The van der Waals surface area contributed by atoms with E-state index >= 15 is 0 Å². The molecule has 26 heavy (non-hydrogen) atoms. The summed E-state index contributed by atoms with van der Waals surface area (Å²) in [6.07, 6.45) is 0.544. The second-order valence-electron chi connectivity index (χ2n) is 6.42.